The Balaban J connectivity index is 2.27. The molecule has 0 radical (unpaired) electrons. The van der Waals surface area contributed by atoms with Crippen LogP contribution in [0.3, 0.4) is 0 Å². The molecule has 1 heterocycles. The molecular formula is C13H15Br2NO3. The van der Waals surface area contributed by atoms with Crippen LogP contribution in [0.5, 0.6) is 5.75 Å². The Kier molecular flexibility index (Phi) is 5.24. The van der Waals surface area contributed by atoms with Gasteiger partial charge in [-0.3, -0.25) is 4.79 Å². The molecule has 1 aromatic carbocycles. The lowest BCUT2D eigenvalue weighted by Crippen LogP contribution is -2.49. The van der Waals surface area contributed by atoms with Gasteiger partial charge in [0.2, 0.25) is 0 Å². The molecule has 0 saturated carbocycles. The van der Waals surface area contributed by atoms with Gasteiger partial charge in [0.15, 0.2) is 0 Å². The van der Waals surface area contributed by atoms with Gasteiger partial charge >= 0.3 is 0 Å². The molecule has 2 rings (SSSR count). The molecule has 1 saturated heterocycles. The van der Waals surface area contributed by atoms with E-state index in [4.69, 9.17) is 9.47 Å². The number of benzene rings is 1. The Bertz CT molecular complexity index is 467. The van der Waals surface area contributed by atoms with Crippen LogP contribution in [0.15, 0.2) is 22.7 Å². The molecule has 4 nitrogen and oxygen atoms in total. The summed E-state index contributed by atoms with van der Waals surface area (Å²) >= 11 is 6.80. The molecule has 1 aliphatic rings. The molecule has 0 aliphatic carbocycles. The normalized spacial score (nSPS) is 19.3. The van der Waals surface area contributed by atoms with Crippen molar-refractivity contribution in [3.8, 4) is 5.75 Å². The number of morpholine rings is 1. The maximum atomic E-state index is 12.6. The first-order valence-electron chi connectivity index (χ1n) is 5.95. The van der Waals surface area contributed by atoms with E-state index >= 15 is 0 Å². The van der Waals surface area contributed by atoms with E-state index < -0.39 is 0 Å². The third-order valence-corrected chi connectivity index (χ3v) is 4.30. The number of halogens is 2. The minimum Gasteiger partial charge on any atom is -0.496 e. The number of carbonyl (C=O) groups excluding carboxylic acids is 1. The smallest absolute Gasteiger partial charge is 0.258 e. The van der Waals surface area contributed by atoms with Crippen LogP contribution in [0.25, 0.3) is 0 Å². The Morgan fingerprint density at radius 2 is 2.37 bits per heavy atom. The van der Waals surface area contributed by atoms with Gasteiger partial charge in [-0.1, -0.05) is 31.9 Å². The number of hydrogen-bond donors (Lipinski definition) is 0. The molecule has 1 aliphatic heterocycles. The van der Waals surface area contributed by atoms with Crippen LogP contribution in [-0.2, 0) is 4.74 Å². The number of carbonyl (C=O) groups is 1. The number of rotatable bonds is 3. The summed E-state index contributed by atoms with van der Waals surface area (Å²) in [5.74, 6) is 0.566. The summed E-state index contributed by atoms with van der Waals surface area (Å²) in [4.78, 5) is 14.5. The Morgan fingerprint density at radius 1 is 1.58 bits per heavy atom. The lowest BCUT2D eigenvalue weighted by molar-refractivity contribution is 0.00509. The highest BCUT2D eigenvalue weighted by atomic mass is 79.9. The van der Waals surface area contributed by atoms with Gasteiger partial charge in [-0.2, -0.15) is 0 Å². The standard InChI is InChI=1S/C13H15Br2NO3/c1-18-12-6-9(15)2-3-11(12)13(17)16-4-5-19-8-10(16)7-14/h2-3,6,10H,4-5,7-8H2,1H3. The molecule has 19 heavy (non-hydrogen) atoms. The number of nitrogens with zero attached hydrogens (tertiary/aromatic N) is 1. The van der Waals surface area contributed by atoms with Gasteiger partial charge in [0.05, 0.1) is 31.9 Å². The van der Waals surface area contributed by atoms with E-state index in [-0.39, 0.29) is 11.9 Å². The van der Waals surface area contributed by atoms with Crippen molar-refractivity contribution in [2.45, 2.75) is 6.04 Å². The summed E-state index contributed by atoms with van der Waals surface area (Å²) in [6.07, 6.45) is 0. The molecule has 0 spiro atoms. The van der Waals surface area contributed by atoms with Gasteiger partial charge in [0.25, 0.3) is 5.91 Å². The molecule has 1 amide bonds. The van der Waals surface area contributed by atoms with Gasteiger partial charge in [-0.15, -0.1) is 0 Å². The second-order valence-corrected chi connectivity index (χ2v) is 5.79. The monoisotopic (exact) mass is 391 g/mol. The Morgan fingerprint density at radius 3 is 3.05 bits per heavy atom. The second-order valence-electron chi connectivity index (χ2n) is 4.23. The first-order chi connectivity index (χ1) is 9.17. The molecule has 1 unspecified atom stereocenters. The fraction of sp³-hybridized carbons (Fsp3) is 0.462. The molecule has 0 N–H and O–H groups in total. The van der Waals surface area contributed by atoms with Gasteiger partial charge in [-0.25, -0.2) is 0 Å². The van der Waals surface area contributed by atoms with Crippen molar-refractivity contribution in [3.63, 3.8) is 0 Å². The van der Waals surface area contributed by atoms with E-state index in [1.165, 1.54) is 0 Å². The minimum atomic E-state index is -0.0166. The number of methoxy groups -OCH3 is 1. The minimum absolute atomic E-state index is 0.0166. The van der Waals surface area contributed by atoms with Crippen molar-refractivity contribution in [2.75, 3.05) is 32.2 Å². The van der Waals surface area contributed by atoms with E-state index in [0.717, 1.165) is 4.47 Å². The summed E-state index contributed by atoms with van der Waals surface area (Å²) in [6.45, 7) is 1.75. The third-order valence-electron chi connectivity index (χ3n) is 3.06. The van der Waals surface area contributed by atoms with Gasteiger partial charge in [0.1, 0.15) is 5.75 Å². The molecule has 0 aromatic heterocycles. The summed E-state index contributed by atoms with van der Waals surface area (Å²) in [6, 6.07) is 5.50. The average molecular weight is 393 g/mol. The highest BCUT2D eigenvalue weighted by Gasteiger charge is 2.28. The number of ether oxygens (including phenoxy) is 2. The van der Waals surface area contributed by atoms with Crippen molar-refractivity contribution in [2.24, 2.45) is 0 Å². The van der Waals surface area contributed by atoms with Crippen molar-refractivity contribution >= 4 is 37.8 Å². The van der Waals surface area contributed by atoms with E-state index in [1.807, 2.05) is 11.0 Å². The highest BCUT2D eigenvalue weighted by molar-refractivity contribution is 9.10. The Hall–Kier alpha value is -0.590. The van der Waals surface area contributed by atoms with Crippen molar-refractivity contribution in [1.82, 2.24) is 4.90 Å². The quantitative estimate of drug-likeness (QED) is 0.742. The molecule has 6 heteroatoms. The summed E-state index contributed by atoms with van der Waals surface area (Å²) in [7, 11) is 1.57. The second kappa shape index (κ2) is 6.72. The lowest BCUT2D eigenvalue weighted by atomic mass is 10.1. The molecule has 1 atom stereocenters. The first kappa shape index (κ1) is 14.8. The molecule has 1 aromatic rings. The number of alkyl halides is 1. The summed E-state index contributed by atoms with van der Waals surface area (Å²) in [5, 5.41) is 0.706. The fourth-order valence-corrected chi connectivity index (χ4v) is 2.92. The summed E-state index contributed by atoms with van der Waals surface area (Å²) in [5.41, 5.74) is 0.582. The molecular weight excluding hydrogens is 378 g/mol. The zero-order valence-corrected chi connectivity index (χ0v) is 13.7. The first-order valence-corrected chi connectivity index (χ1v) is 7.87. The zero-order valence-electron chi connectivity index (χ0n) is 10.6. The number of hydrogen-bond acceptors (Lipinski definition) is 3. The maximum Gasteiger partial charge on any atom is 0.258 e. The van der Waals surface area contributed by atoms with Gasteiger partial charge < -0.3 is 14.4 Å². The molecule has 1 fully saturated rings. The van der Waals surface area contributed by atoms with Crippen LogP contribution in [0.4, 0.5) is 0 Å². The fourth-order valence-electron chi connectivity index (χ4n) is 2.05. The van der Waals surface area contributed by atoms with Crippen LogP contribution < -0.4 is 4.74 Å². The van der Waals surface area contributed by atoms with Crippen LogP contribution >= 0.6 is 31.9 Å². The van der Waals surface area contributed by atoms with Crippen LogP contribution in [0.2, 0.25) is 0 Å². The largest absolute Gasteiger partial charge is 0.496 e. The topological polar surface area (TPSA) is 38.8 Å². The summed E-state index contributed by atoms with van der Waals surface area (Å²) < 4.78 is 11.6. The van der Waals surface area contributed by atoms with Crippen molar-refractivity contribution in [1.29, 1.82) is 0 Å². The average Bonchev–Trinajstić information content (AvgIpc) is 2.46. The van der Waals surface area contributed by atoms with Crippen molar-refractivity contribution in [3.05, 3.63) is 28.2 Å². The van der Waals surface area contributed by atoms with Crippen LogP contribution in [0, 0.1) is 0 Å². The van der Waals surface area contributed by atoms with E-state index in [1.54, 1.807) is 19.2 Å². The maximum absolute atomic E-state index is 12.6. The van der Waals surface area contributed by atoms with Crippen LogP contribution in [0.1, 0.15) is 10.4 Å². The van der Waals surface area contributed by atoms with E-state index in [2.05, 4.69) is 31.9 Å². The van der Waals surface area contributed by atoms with E-state index in [9.17, 15) is 4.79 Å². The zero-order chi connectivity index (χ0) is 13.8. The van der Waals surface area contributed by atoms with Gasteiger partial charge in [0, 0.05) is 16.3 Å². The predicted molar refractivity (Wildman–Crippen MR) is 80.1 cm³/mol. The highest BCUT2D eigenvalue weighted by Crippen LogP contribution is 2.26. The predicted octanol–water partition coefficient (Wildman–Crippen LogP) is 2.69. The molecule has 0 bridgehead atoms. The molecule has 104 valence electrons. The van der Waals surface area contributed by atoms with Crippen molar-refractivity contribution < 1.29 is 14.3 Å². The number of amides is 1. The van der Waals surface area contributed by atoms with E-state index in [0.29, 0.717) is 36.4 Å². The lowest BCUT2D eigenvalue weighted by Gasteiger charge is -2.34. The van der Waals surface area contributed by atoms with Gasteiger partial charge in [-0.05, 0) is 18.2 Å². The third kappa shape index (κ3) is 3.30. The van der Waals surface area contributed by atoms with Crippen LogP contribution in [-0.4, -0.2) is 49.0 Å². The SMILES string of the molecule is COc1cc(Br)ccc1C(=O)N1CCOCC1CBr. The Labute approximate surface area is 129 Å².